The number of nitriles is 1. The van der Waals surface area contributed by atoms with Crippen molar-refractivity contribution in [3.05, 3.63) is 88.4 Å². The predicted molar refractivity (Wildman–Crippen MR) is 139 cm³/mol. The van der Waals surface area contributed by atoms with Gasteiger partial charge in [-0.15, -0.1) is 0 Å². The van der Waals surface area contributed by atoms with Gasteiger partial charge in [0.15, 0.2) is 6.29 Å². The SMILES string of the molecule is COC(=O)C1=C(C(=O)OC)N(c2ccc(C3OC(C)(C)C(C)(C)O3)cc2)C(N)=C(C#N)C1c1ccccc1. The van der Waals surface area contributed by atoms with E-state index in [1.165, 1.54) is 19.1 Å². The van der Waals surface area contributed by atoms with Gasteiger partial charge in [-0.1, -0.05) is 42.5 Å². The number of hydrogen-bond acceptors (Lipinski definition) is 9. The number of anilines is 1. The van der Waals surface area contributed by atoms with Crippen LogP contribution in [0.15, 0.2) is 77.3 Å². The topological polar surface area (TPSA) is 124 Å². The molecule has 4 rings (SSSR count). The largest absolute Gasteiger partial charge is 0.466 e. The zero-order valence-electron chi connectivity index (χ0n) is 22.3. The highest BCUT2D eigenvalue weighted by atomic mass is 16.7. The van der Waals surface area contributed by atoms with Crippen molar-refractivity contribution >= 4 is 17.6 Å². The second-order valence-corrected chi connectivity index (χ2v) is 10.0. The van der Waals surface area contributed by atoms with Crippen LogP contribution in [0.4, 0.5) is 5.69 Å². The Morgan fingerprint density at radius 3 is 1.95 bits per heavy atom. The molecule has 2 aromatic rings. The Morgan fingerprint density at radius 2 is 1.45 bits per heavy atom. The van der Waals surface area contributed by atoms with Crippen LogP contribution in [0.2, 0.25) is 0 Å². The van der Waals surface area contributed by atoms with E-state index in [2.05, 4.69) is 6.07 Å². The molecule has 0 aliphatic carbocycles. The number of allylic oxidation sites excluding steroid dienone is 1. The van der Waals surface area contributed by atoms with Gasteiger partial charge in [-0.2, -0.15) is 5.26 Å². The van der Waals surface area contributed by atoms with Crippen LogP contribution < -0.4 is 10.6 Å². The summed E-state index contributed by atoms with van der Waals surface area (Å²) in [6, 6.07) is 18.0. The first-order valence-corrected chi connectivity index (χ1v) is 12.1. The minimum absolute atomic E-state index is 0.00205. The van der Waals surface area contributed by atoms with E-state index in [9.17, 15) is 14.9 Å². The zero-order valence-corrected chi connectivity index (χ0v) is 22.3. The summed E-state index contributed by atoms with van der Waals surface area (Å²) < 4.78 is 22.4. The fourth-order valence-corrected chi connectivity index (χ4v) is 4.54. The molecule has 2 aliphatic heterocycles. The molecule has 1 unspecified atom stereocenters. The molecule has 0 amide bonds. The Kier molecular flexibility index (Phi) is 7.06. The summed E-state index contributed by atoms with van der Waals surface area (Å²) in [4.78, 5) is 27.7. The summed E-state index contributed by atoms with van der Waals surface area (Å²) in [5, 5.41) is 10.2. The molecule has 0 saturated carbocycles. The van der Waals surface area contributed by atoms with Crippen molar-refractivity contribution in [2.45, 2.75) is 51.1 Å². The normalized spacial score (nSPS) is 20.8. The van der Waals surface area contributed by atoms with Gasteiger partial charge in [-0.25, -0.2) is 9.59 Å². The van der Waals surface area contributed by atoms with Crippen molar-refractivity contribution in [2.75, 3.05) is 19.1 Å². The minimum Gasteiger partial charge on any atom is -0.466 e. The first-order chi connectivity index (χ1) is 18.0. The molecule has 1 atom stereocenters. The van der Waals surface area contributed by atoms with Crippen LogP contribution in [0.3, 0.4) is 0 Å². The van der Waals surface area contributed by atoms with Crippen molar-refractivity contribution in [3.63, 3.8) is 0 Å². The highest BCUT2D eigenvalue weighted by Gasteiger charge is 2.49. The summed E-state index contributed by atoms with van der Waals surface area (Å²) in [7, 11) is 2.42. The molecular weight excluding hydrogens is 486 g/mol. The average Bonchev–Trinajstić information content (AvgIpc) is 3.13. The van der Waals surface area contributed by atoms with Gasteiger partial charge in [0.05, 0.1) is 48.6 Å². The molecular formula is C29H31N3O6. The quantitative estimate of drug-likeness (QED) is 0.581. The van der Waals surface area contributed by atoms with Crippen molar-refractivity contribution in [1.82, 2.24) is 0 Å². The number of hydrogen-bond donors (Lipinski definition) is 1. The lowest BCUT2D eigenvalue weighted by Gasteiger charge is -2.36. The second kappa shape index (κ2) is 9.97. The molecule has 198 valence electrons. The van der Waals surface area contributed by atoms with Crippen molar-refractivity contribution in [3.8, 4) is 6.07 Å². The predicted octanol–water partition coefficient (Wildman–Crippen LogP) is 4.19. The monoisotopic (exact) mass is 517 g/mol. The molecule has 2 aromatic carbocycles. The molecule has 0 radical (unpaired) electrons. The molecule has 1 fully saturated rings. The van der Waals surface area contributed by atoms with E-state index in [1.807, 2.05) is 33.8 Å². The average molecular weight is 518 g/mol. The Balaban J connectivity index is 1.87. The van der Waals surface area contributed by atoms with Gasteiger partial charge >= 0.3 is 11.9 Å². The maximum atomic E-state index is 13.2. The minimum atomic E-state index is -0.928. The number of nitrogens with zero attached hydrogens (tertiary/aromatic N) is 2. The van der Waals surface area contributed by atoms with Crippen LogP contribution in [-0.4, -0.2) is 37.4 Å². The highest BCUT2D eigenvalue weighted by molar-refractivity contribution is 6.06. The van der Waals surface area contributed by atoms with E-state index in [4.69, 9.17) is 24.7 Å². The van der Waals surface area contributed by atoms with E-state index < -0.39 is 35.3 Å². The standard InChI is InChI=1S/C29H31N3O6/c1-28(2)29(3,4)38-27(37-28)18-12-14-19(15-13-18)32-23(26(34)36-6)22(25(33)35-5)21(20(16-30)24(32)31)17-10-8-7-9-11-17/h7-15,21,27H,31H2,1-6H3. The van der Waals surface area contributed by atoms with Gasteiger partial charge < -0.3 is 24.7 Å². The lowest BCUT2D eigenvalue weighted by Crippen LogP contribution is -2.41. The van der Waals surface area contributed by atoms with Gasteiger partial charge in [-0.05, 0) is 45.4 Å². The molecule has 2 heterocycles. The second-order valence-electron chi connectivity index (χ2n) is 10.0. The molecule has 38 heavy (non-hydrogen) atoms. The Morgan fingerprint density at radius 1 is 0.895 bits per heavy atom. The van der Waals surface area contributed by atoms with Crippen molar-refractivity contribution in [1.29, 1.82) is 5.26 Å². The van der Waals surface area contributed by atoms with Crippen LogP contribution in [-0.2, 0) is 28.5 Å². The first-order valence-electron chi connectivity index (χ1n) is 12.1. The molecule has 2 N–H and O–H groups in total. The van der Waals surface area contributed by atoms with Gasteiger partial charge in [0.1, 0.15) is 11.5 Å². The number of benzene rings is 2. The maximum Gasteiger partial charge on any atom is 0.355 e. The number of nitrogens with two attached hydrogens (primary N) is 1. The number of ether oxygens (including phenoxy) is 4. The summed E-state index contributed by atoms with van der Waals surface area (Å²) in [6.07, 6.45) is -0.596. The third-order valence-electron chi connectivity index (χ3n) is 7.29. The van der Waals surface area contributed by atoms with Gasteiger partial charge in [0.25, 0.3) is 0 Å². The van der Waals surface area contributed by atoms with Gasteiger partial charge in [-0.3, -0.25) is 4.90 Å². The van der Waals surface area contributed by atoms with Crippen LogP contribution in [0.1, 0.15) is 51.0 Å². The summed E-state index contributed by atoms with van der Waals surface area (Å²) in [6.45, 7) is 7.87. The van der Waals surface area contributed by atoms with Crippen molar-refractivity contribution < 1.29 is 28.5 Å². The van der Waals surface area contributed by atoms with E-state index in [1.54, 1.807) is 48.5 Å². The summed E-state index contributed by atoms with van der Waals surface area (Å²) >= 11 is 0. The molecule has 2 aliphatic rings. The Hall–Kier alpha value is -4.13. The van der Waals surface area contributed by atoms with Gasteiger partial charge in [0, 0.05) is 11.3 Å². The first kappa shape index (κ1) is 26.9. The number of carbonyl (C=O) groups is 2. The highest BCUT2D eigenvalue weighted by Crippen LogP contribution is 2.46. The molecule has 0 aromatic heterocycles. The number of rotatable bonds is 5. The van der Waals surface area contributed by atoms with Gasteiger partial charge in [0.2, 0.25) is 0 Å². The maximum absolute atomic E-state index is 13.2. The molecule has 9 heteroatoms. The van der Waals surface area contributed by atoms with Crippen molar-refractivity contribution in [2.24, 2.45) is 5.73 Å². The smallest absolute Gasteiger partial charge is 0.355 e. The molecule has 1 saturated heterocycles. The lowest BCUT2D eigenvalue weighted by atomic mass is 9.81. The zero-order chi connectivity index (χ0) is 27.8. The van der Waals surface area contributed by atoms with E-state index in [-0.39, 0.29) is 22.7 Å². The fourth-order valence-electron chi connectivity index (χ4n) is 4.54. The number of carbonyl (C=O) groups excluding carboxylic acids is 2. The fraction of sp³-hybridized carbons (Fsp3) is 0.345. The van der Waals surface area contributed by atoms with E-state index in [0.717, 1.165) is 5.56 Å². The summed E-state index contributed by atoms with van der Waals surface area (Å²) in [5.74, 6) is -2.51. The van der Waals surface area contributed by atoms with Crippen LogP contribution >= 0.6 is 0 Å². The number of methoxy groups -OCH3 is 2. The Bertz CT molecular complexity index is 1340. The molecule has 0 bridgehead atoms. The van der Waals surface area contributed by atoms with E-state index in [0.29, 0.717) is 11.3 Å². The van der Waals surface area contributed by atoms with Crippen LogP contribution in [0.25, 0.3) is 0 Å². The third kappa shape index (κ3) is 4.42. The Labute approximate surface area is 222 Å². The summed E-state index contributed by atoms with van der Waals surface area (Å²) in [5.41, 5.74) is 7.23. The van der Waals surface area contributed by atoms with E-state index >= 15 is 0 Å². The van der Waals surface area contributed by atoms with Crippen LogP contribution in [0, 0.1) is 11.3 Å². The molecule has 9 nitrogen and oxygen atoms in total. The third-order valence-corrected chi connectivity index (χ3v) is 7.29. The van der Waals surface area contributed by atoms with Crippen LogP contribution in [0.5, 0.6) is 0 Å². The lowest BCUT2D eigenvalue weighted by molar-refractivity contribution is -0.139. The molecule has 0 spiro atoms. The number of esters is 2.